The first-order valence-corrected chi connectivity index (χ1v) is 5.63. The van der Waals surface area contributed by atoms with Gasteiger partial charge in [0.25, 0.3) is 0 Å². The largest absolute Gasteiger partial charge is 0.331 e. The van der Waals surface area contributed by atoms with Crippen LogP contribution >= 0.6 is 0 Å². The number of aromatic nitrogens is 3. The standard InChI is InChI=1S/C14H11N3O/c1-17-9-8-16-14(17)13(18)12-11-5-3-2-4-10(11)6-7-15-12/h2-9H,1H3. The highest BCUT2D eigenvalue weighted by atomic mass is 16.1. The third kappa shape index (κ3) is 1.59. The van der Waals surface area contributed by atoms with Gasteiger partial charge in [0.05, 0.1) is 0 Å². The minimum absolute atomic E-state index is 0.153. The zero-order chi connectivity index (χ0) is 12.5. The van der Waals surface area contributed by atoms with Crippen molar-refractivity contribution in [2.24, 2.45) is 7.05 Å². The highest BCUT2D eigenvalue weighted by molar-refractivity contribution is 6.13. The van der Waals surface area contributed by atoms with Crippen LogP contribution in [0.3, 0.4) is 0 Å². The molecular weight excluding hydrogens is 226 g/mol. The maximum atomic E-state index is 12.4. The first kappa shape index (κ1) is 10.7. The first-order chi connectivity index (χ1) is 8.77. The van der Waals surface area contributed by atoms with Gasteiger partial charge in [-0.1, -0.05) is 24.3 Å². The van der Waals surface area contributed by atoms with Crippen LogP contribution < -0.4 is 0 Å². The fourth-order valence-electron chi connectivity index (χ4n) is 1.99. The molecule has 0 saturated heterocycles. The SMILES string of the molecule is Cn1ccnc1C(=O)c1nccc2ccccc12. The molecule has 4 nitrogen and oxygen atoms in total. The number of hydrogen-bond acceptors (Lipinski definition) is 3. The number of ketones is 1. The average molecular weight is 237 g/mol. The van der Waals surface area contributed by atoms with E-state index in [-0.39, 0.29) is 5.78 Å². The number of benzene rings is 1. The Bertz CT molecular complexity index is 725. The Balaban J connectivity index is 2.21. The molecule has 0 fully saturated rings. The van der Waals surface area contributed by atoms with Crippen molar-refractivity contribution in [2.75, 3.05) is 0 Å². The highest BCUT2D eigenvalue weighted by Crippen LogP contribution is 2.18. The van der Waals surface area contributed by atoms with E-state index in [0.717, 1.165) is 10.8 Å². The molecule has 1 aromatic carbocycles. The molecule has 0 spiro atoms. The summed E-state index contributed by atoms with van der Waals surface area (Å²) in [5.74, 6) is 0.248. The molecule has 0 atom stereocenters. The Morgan fingerprint density at radius 1 is 1.11 bits per heavy atom. The van der Waals surface area contributed by atoms with E-state index in [0.29, 0.717) is 11.5 Å². The molecular formula is C14H11N3O. The number of rotatable bonds is 2. The van der Waals surface area contributed by atoms with Gasteiger partial charge in [-0.3, -0.25) is 9.78 Å². The smallest absolute Gasteiger partial charge is 0.247 e. The third-order valence-electron chi connectivity index (χ3n) is 2.91. The van der Waals surface area contributed by atoms with Gasteiger partial charge in [-0.25, -0.2) is 4.98 Å². The normalized spacial score (nSPS) is 10.7. The molecule has 0 aliphatic carbocycles. The molecule has 0 saturated carbocycles. The molecule has 18 heavy (non-hydrogen) atoms. The van der Waals surface area contributed by atoms with Gasteiger partial charge in [0.2, 0.25) is 5.78 Å². The summed E-state index contributed by atoms with van der Waals surface area (Å²) in [5, 5.41) is 1.86. The molecule has 0 aliphatic rings. The lowest BCUT2D eigenvalue weighted by Crippen LogP contribution is -2.10. The van der Waals surface area contributed by atoms with Gasteiger partial charge in [0.15, 0.2) is 5.82 Å². The van der Waals surface area contributed by atoms with E-state index in [4.69, 9.17) is 0 Å². The van der Waals surface area contributed by atoms with E-state index >= 15 is 0 Å². The molecule has 0 unspecified atom stereocenters. The van der Waals surface area contributed by atoms with Crippen LogP contribution in [0.1, 0.15) is 16.3 Å². The molecule has 2 heterocycles. The van der Waals surface area contributed by atoms with Crippen LogP contribution in [-0.2, 0) is 7.05 Å². The zero-order valence-electron chi connectivity index (χ0n) is 9.87. The number of carbonyl (C=O) groups excluding carboxylic acids is 1. The van der Waals surface area contributed by atoms with E-state index in [9.17, 15) is 4.79 Å². The predicted octanol–water partition coefficient (Wildman–Crippen LogP) is 2.20. The van der Waals surface area contributed by atoms with Crippen LogP contribution in [0, 0.1) is 0 Å². The van der Waals surface area contributed by atoms with Crippen molar-refractivity contribution >= 4 is 16.6 Å². The molecule has 0 N–H and O–H groups in total. The van der Waals surface area contributed by atoms with Gasteiger partial charge in [0, 0.05) is 31.0 Å². The Kier molecular flexibility index (Phi) is 2.41. The van der Waals surface area contributed by atoms with E-state index in [2.05, 4.69) is 9.97 Å². The van der Waals surface area contributed by atoms with Gasteiger partial charge in [-0.2, -0.15) is 0 Å². The Morgan fingerprint density at radius 3 is 2.72 bits per heavy atom. The highest BCUT2D eigenvalue weighted by Gasteiger charge is 2.17. The molecule has 0 aliphatic heterocycles. The average Bonchev–Trinajstić information content (AvgIpc) is 2.83. The third-order valence-corrected chi connectivity index (χ3v) is 2.91. The van der Waals surface area contributed by atoms with Crippen LogP contribution in [0.5, 0.6) is 0 Å². The van der Waals surface area contributed by atoms with Crippen LogP contribution in [0.25, 0.3) is 10.8 Å². The van der Waals surface area contributed by atoms with Gasteiger partial charge in [-0.15, -0.1) is 0 Å². The summed E-state index contributed by atoms with van der Waals surface area (Å²) >= 11 is 0. The molecule has 2 aromatic heterocycles. The van der Waals surface area contributed by atoms with Crippen molar-refractivity contribution in [3.05, 3.63) is 60.4 Å². The molecule has 4 heteroatoms. The lowest BCUT2D eigenvalue weighted by molar-refractivity contribution is 0.102. The van der Waals surface area contributed by atoms with Crippen molar-refractivity contribution in [2.45, 2.75) is 0 Å². The topological polar surface area (TPSA) is 47.8 Å². The second-order valence-corrected chi connectivity index (χ2v) is 4.07. The lowest BCUT2D eigenvalue weighted by Gasteiger charge is -2.04. The summed E-state index contributed by atoms with van der Waals surface area (Å²) in [6.45, 7) is 0. The van der Waals surface area contributed by atoms with Crippen molar-refractivity contribution < 1.29 is 4.79 Å². The molecule has 3 rings (SSSR count). The molecule has 0 bridgehead atoms. The quantitative estimate of drug-likeness (QED) is 0.642. The number of fused-ring (bicyclic) bond motifs is 1. The summed E-state index contributed by atoms with van der Waals surface area (Å²) in [5.41, 5.74) is 0.447. The maximum Gasteiger partial charge on any atom is 0.247 e. The monoisotopic (exact) mass is 237 g/mol. The maximum absolute atomic E-state index is 12.4. The minimum Gasteiger partial charge on any atom is -0.331 e. The van der Waals surface area contributed by atoms with Gasteiger partial charge >= 0.3 is 0 Å². The second kappa shape index (κ2) is 4.07. The first-order valence-electron chi connectivity index (χ1n) is 5.63. The summed E-state index contributed by atoms with van der Waals surface area (Å²) in [7, 11) is 1.80. The van der Waals surface area contributed by atoms with Gasteiger partial charge in [-0.05, 0) is 11.5 Å². The second-order valence-electron chi connectivity index (χ2n) is 4.07. The van der Waals surface area contributed by atoms with E-state index < -0.39 is 0 Å². The number of hydrogen-bond donors (Lipinski definition) is 0. The van der Waals surface area contributed by atoms with Crippen molar-refractivity contribution in [3.63, 3.8) is 0 Å². The van der Waals surface area contributed by atoms with Crippen LogP contribution in [0.15, 0.2) is 48.9 Å². The number of pyridine rings is 1. The Hall–Kier alpha value is -2.49. The van der Waals surface area contributed by atoms with E-state index in [1.807, 2.05) is 30.3 Å². The Morgan fingerprint density at radius 2 is 1.94 bits per heavy atom. The predicted molar refractivity (Wildman–Crippen MR) is 68.4 cm³/mol. The molecule has 0 radical (unpaired) electrons. The molecule has 3 aromatic rings. The fourth-order valence-corrected chi connectivity index (χ4v) is 1.99. The van der Waals surface area contributed by atoms with Gasteiger partial charge < -0.3 is 4.57 Å². The zero-order valence-corrected chi connectivity index (χ0v) is 9.87. The van der Waals surface area contributed by atoms with Crippen molar-refractivity contribution in [1.29, 1.82) is 0 Å². The number of imidazole rings is 1. The summed E-state index contributed by atoms with van der Waals surface area (Å²) < 4.78 is 1.70. The minimum atomic E-state index is -0.153. The van der Waals surface area contributed by atoms with Crippen molar-refractivity contribution in [1.82, 2.24) is 14.5 Å². The summed E-state index contributed by atoms with van der Waals surface area (Å²) in [6.07, 6.45) is 5.01. The number of carbonyl (C=O) groups is 1. The fraction of sp³-hybridized carbons (Fsp3) is 0.0714. The summed E-state index contributed by atoms with van der Waals surface area (Å²) in [6, 6.07) is 9.60. The van der Waals surface area contributed by atoms with Crippen LogP contribution in [-0.4, -0.2) is 20.3 Å². The number of aryl methyl sites for hydroxylation is 1. The van der Waals surface area contributed by atoms with E-state index in [1.165, 1.54) is 0 Å². The molecule has 0 amide bonds. The van der Waals surface area contributed by atoms with Crippen LogP contribution in [0.4, 0.5) is 0 Å². The lowest BCUT2D eigenvalue weighted by atomic mass is 10.1. The number of nitrogens with zero attached hydrogens (tertiary/aromatic N) is 3. The molecule has 88 valence electrons. The van der Waals surface area contributed by atoms with Crippen molar-refractivity contribution in [3.8, 4) is 0 Å². The summed E-state index contributed by atoms with van der Waals surface area (Å²) in [4.78, 5) is 20.7. The Labute approximate surface area is 104 Å². The van der Waals surface area contributed by atoms with Crippen LogP contribution in [0.2, 0.25) is 0 Å². The van der Waals surface area contributed by atoms with Gasteiger partial charge in [0.1, 0.15) is 5.69 Å². The van der Waals surface area contributed by atoms with E-state index in [1.54, 1.807) is 30.2 Å².